The molecule has 2 N–H and O–H groups in total. The lowest BCUT2D eigenvalue weighted by molar-refractivity contribution is -0.146. The molecule has 6 heteroatoms. The molecule has 0 aliphatic heterocycles. The normalized spacial score (nSPS) is 12.3. The fourth-order valence-corrected chi connectivity index (χ4v) is 3.14. The minimum absolute atomic E-state index is 0.0160. The number of amides is 2. The molecular weight excluding hydrogens is 404 g/mol. The fourth-order valence-electron chi connectivity index (χ4n) is 3.14. The zero-order valence-electron chi connectivity index (χ0n) is 17.9. The Labute approximate surface area is 187 Å². The number of nitrogens with one attached hydrogen (secondary N) is 2. The molecule has 2 amide bonds. The van der Waals surface area contributed by atoms with Gasteiger partial charge in [0.25, 0.3) is 11.8 Å². The molecule has 0 aromatic heterocycles. The van der Waals surface area contributed by atoms with E-state index < -0.39 is 18.1 Å². The minimum Gasteiger partial charge on any atom is -0.462 e. The third-order valence-corrected chi connectivity index (χ3v) is 4.86. The van der Waals surface area contributed by atoms with Crippen LogP contribution in [0, 0.1) is 0 Å². The summed E-state index contributed by atoms with van der Waals surface area (Å²) in [5.41, 5.74) is 2.00. The second-order valence-electron chi connectivity index (χ2n) is 7.42. The molecule has 0 aliphatic carbocycles. The van der Waals surface area contributed by atoms with Crippen LogP contribution in [-0.2, 0) is 16.0 Å². The predicted molar refractivity (Wildman–Crippen MR) is 122 cm³/mol. The standard InChI is InChI=1S/C26H26N2O4/c1-19(27-24(29)21-13-7-3-8-14-21)26(31)32-18-23(17-20-11-5-2-6-12-20)28-25(30)22-15-9-4-10-16-22/h2-16,19,23H,17-18H2,1H3,(H,27,29)(H,28,30)/t19-,23+/m0/s1. The molecule has 0 saturated heterocycles. The monoisotopic (exact) mass is 430 g/mol. The van der Waals surface area contributed by atoms with Crippen LogP contribution in [0.2, 0.25) is 0 Å². The van der Waals surface area contributed by atoms with Crippen molar-refractivity contribution in [2.45, 2.75) is 25.4 Å². The van der Waals surface area contributed by atoms with Crippen molar-refractivity contribution in [2.24, 2.45) is 0 Å². The van der Waals surface area contributed by atoms with Crippen LogP contribution in [0.15, 0.2) is 91.0 Å². The maximum atomic E-state index is 12.6. The maximum Gasteiger partial charge on any atom is 0.328 e. The van der Waals surface area contributed by atoms with Gasteiger partial charge in [-0.25, -0.2) is 4.79 Å². The first-order valence-electron chi connectivity index (χ1n) is 10.5. The third-order valence-electron chi connectivity index (χ3n) is 4.86. The molecule has 0 saturated carbocycles. The Morgan fingerprint density at radius 2 is 1.19 bits per heavy atom. The molecule has 6 nitrogen and oxygen atoms in total. The van der Waals surface area contributed by atoms with E-state index in [-0.39, 0.29) is 18.4 Å². The Morgan fingerprint density at radius 1 is 0.719 bits per heavy atom. The van der Waals surface area contributed by atoms with Gasteiger partial charge in [-0.05, 0) is 43.2 Å². The van der Waals surface area contributed by atoms with Gasteiger partial charge in [0.1, 0.15) is 12.6 Å². The Hall–Kier alpha value is -3.93. The average Bonchev–Trinajstić information content (AvgIpc) is 2.84. The number of hydrogen-bond donors (Lipinski definition) is 2. The highest BCUT2D eigenvalue weighted by atomic mass is 16.5. The van der Waals surface area contributed by atoms with Crippen molar-refractivity contribution in [1.29, 1.82) is 0 Å². The third kappa shape index (κ3) is 6.80. The molecule has 0 radical (unpaired) electrons. The topological polar surface area (TPSA) is 84.5 Å². The van der Waals surface area contributed by atoms with E-state index >= 15 is 0 Å². The van der Waals surface area contributed by atoms with Gasteiger partial charge in [-0.3, -0.25) is 9.59 Å². The summed E-state index contributed by atoms with van der Waals surface area (Å²) >= 11 is 0. The van der Waals surface area contributed by atoms with Gasteiger partial charge in [-0.15, -0.1) is 0 Å². The Morgan fingerprint density at radius 3 is 1.72 bits per heavy atom. The van der Waals surface area contributed by atoms with Gasteiger partial charge in [0, 0.05) is 11.1 Å². The van der Waals surface area contributed by atoms with Crippen LogP contribution < -0.4 is 10.6 Å². The molecule has 0 fully saturated rings. The summed E-state index contributed by atoms with van der Waals surface area (Å²) in [6, 6.07) is 25.9. The van der Waals surface area contributed by atoms with E-state index in [4.69, 9.17) is 4.74 Å². The number of ether oxygens (including phenoxy) is 1. The maximum absolute atomic E-state index is 12.6. The van der Waals surface area contributed by atoms with Gasteiger partial charge >= 0.3 is 5.97 Å². The zero-order chi connectivity index (χ0) is 22.8. The van der Waals surface area contributed by atoms with Gasteiger partial charge in [-0.2, -0.15) is 0 Å². The van der Waals surface area contributed by atoms with E-state index in [1.165, 1.54) is 0 Å². The molecule has 0 aliphatic rings. The highest BCUT2D eigenvalue weighted by molar-refractivity contribution is 5.96. The Balaban J connectivity index is 1.60. The highest BCUT2D eigenvalue weighted by Crippen LogP contribution is 2.07. The lowest BCUT2D eigenvalue weighted by atomic mass is 10.1. The van der Waals surface area contributed by atoms with Crippen LogP contribution in [0.1, 0.15) is 33.2 Å². The summed E-state index contributed by atoms with van der Waals surface area (Å²) in [6.45, 7) is 1.55. The molecular formula is C26H26N2O4. The summed E-state index contributed by atoms with van der Waals surface area (Å²) in [5.74, 6) is -1.16. The van der Waals surface area contributed by atoms with E-state index in [1.54, 1.807) is 55.5 Å². The summed E-state index contributed by atoms with van der Waals surface area (Å²) in [7, 11) is 0. The first kappa shape index (κ1) is 22.7. The van der Waals surface area contributed by atoms with E-state index in [0.29, 0.717) is 17.5 Å². The Kier molecular flexibility index (Phi) is 8.15. The number of esters is 1. The summed E-state index contributed by atoms with van der Waals surface area (Å²) in [5, 5.41) is 5.57. The fraction of sp³-hybridized carbons (Fsp3) is 0.192. The van der Waals surface area contributed by atoms with Crippen LogP contribution in [0.3, 0.4) is 0 Å². The molecule has 0 unspecified atom stereocenters. The van der Waals surface area contributed by atoms with Crippen LogP contribution >= 0.6 is 0 Å². The van der Waals surface area contributed by atoms with Crippen LogP contribution in [-0.4, -0.2) is 36.5 Å². The van der Waals surface area contributed by atoms with Crippen molar-refractivity contribution >= 4 is 17.8 Å². The summed E-state index contributed by atoms with van der Waals surface area (Å²) in [6.07, 6.45) is 0.497. The smallest absolute Gasteiger partial charge is 0.328 e. The van der Waals surface area contributed by atoms with Crippen molar-refractivity contribution in [3.63, 3.8) is 0 Å². The molecule has 0 heterocycles. The highest BCUT2D eigenvalue weighted by Gasteiger charge is 2.21. The zero-order valence-corrected chi connectivity index (χ0v) is 17.9. The molecule has 3 aromatic rings. The summed E-state index contributed by atoms with van der Waals surface area (Å²) < 4.78 is 5.44. The van der Waals surface area contributed by atoms with Gasteiger partial charge in [0.05, 0.1) is 6.04 Å². The molecule has 2 atom stereocenters. The largest absolute Gasteiger partial charge is 0.462 e. The molecule has 3 rings (SSSR count). The SMILES string of the molecule is C[C@H](NC(=O)c1ccccc1)C(=O)OC[C@@H](Cc1ccccc1)NC(=O)c1ccccc1. The minimum atomic E-state index is -0.829. The molecule has 3 aromatic carbocycles. The van der Waals surface area contributed by atoms with Crippen molar-refractivity contribution in [3.05, 3.63) is 108 Å². The van der Waals surface area contributed by atoms with Crippen LogP contribution in [0.25, 0.3) is 0 Å². The van der Waals surface area contributed by atoms with E-state index in [1.807, 2.05) is 42.5 Å². The van der Waals surface area contributed by atoms with Gasteiger partial charge in [0.2, 0.25) is 0 Å². The van der Waals surface area contributed by atoms with Gasteiger partial charge in [0.15, 0.2) is 0 Å². The van der Waals surface area contributed by atoms with Crippen molar-refractivity contribution in [3.8, 4) is 0 Å². The molecule has 0 bridgehead atoms. The Bertz CT molecular complexity index is 1020. The number of carbonyl (C=O) groups is 3. The quantitative estimate of drug-likeness (QED) is 0.510. The first-order valence-corrected chi connectivity index (χ1v) is 10.5. The van der Waals surface area contributed by atoms with Crippen LogP contribution in [0.5, 0.6) is 0 Å². The predicted octanol–water partition coefficient (Wildman–Crippen LogP) is 3.39. The molecule has 164 valence electrons. The lowest BCUT2D eigenvalue weighted by Crippen LogP contribution is -2.44. The van der Waals surface area contributed by atoms with Crippen molar-refractivity contribution in [2.75, 3.05) is 6.61 Å². The number of carbonyl (C=O) groups excluding carboxylic acids is 3. The summed E-state index contributed by atoms with van der Waals surface area (Å²) in [4.78, 5) is 37.4. The van der Waals surface area contributed by atoms with Crippen molar-refractivity contribution < 1.29 is 19.1 Å². The first-order chi connectivity index (χ1) is 15.5. The number of rotatable bonds is 9. The second kappa shape index (κ2) is 11.5. The van der Waals surface area contributed by atoms with Gasteiger partial charge < -0.3 is 15.4 Å². The van der Waals surface area contributed by atoms with E-state index in [9.17, 15) is 14.4 Å². The number of hydrogen-bond acceptors (Lipinski definition) is 4. The molecule has 32 heavy (non-hydrogen) atoms. The average molecular weight is 431 g/mol. The molecule has 0 spiro atoms. The number of benzene rings is 3. The van der Waals surface area contributed by atoms with E-state index in [0.717, 1.165) is 5.56 Å². The van der Waals surface area contributed by atoms with E-state index in [2.05, 4.69) is 10.6 Å². The van der Waals surface area contributed by atoms with Crippen LogP contribution in [0.4, 0.5) is 0 Å². The van der Waals surface area contributed by atoms with Gasteiger partial charge in [-0.1, -0.05) is 66.7 Å². The second-order valence-corrected chi connectivity index (χ2v) is 7.42. The van der Waals surface area contributed by atoms with Crippen molar-refractivity contribution in [1.82, 2.24) is 10.6 Å². The lowest BCUT2D eigenvalue weighted by Gasteiger charge is -2.21.